The minimum atomic E-state index is -0.465. The molecule has 57 heavy (non-hydrogen) atoms. The van der Waals surface area contributed by atoms with Crippen LogP contribution in [0.2, 0.25) is 0 Å². The van der Waals surface area contributed by atoms with Crippen LogP contribution in [0.3, 0.4) is 0 Å². The number of hydrogen-bond acceptors (Lipinski definition) is 6. The summed E-state index contributed by atoms with van der Waals surface area (Å²) in [6.07, 6.45) is 1.20. The number of benzene rings is 4. The normalized spacial score (nSPS) is 15.5. The van der Waals surface area contributed by atoms with Crippen LogP contribution in [0.25, 0.3) is 10.1 Å². The van der Waals surface area contributed by atoms with Gasteiger partial charge >= 0.3 is 0 Å². The molecule has 0 saturated carbocycles. The third-order valence-electron chi connectivity index (χ3n) is 10.3. The third kappa shape index (κ3) is 9.82. The molecule has 1 aromatic heterocycles. The number of amides is 3. The Morgan fingerprint density at radius 2 is 0.965 bits per heavy atom. The Balaban J connectivity index is 0.000000145. The van der Waals surface area contributed by atoms with Gasteiger partial charge in [-0.05, 0) is 137 Å². The second-order valence-electron chi connectivity index (χ2n) is 18.9. The van der Waals surface area contributed by atoms with Crippen LogP contribution < -0.4 is 5.56 Å². The number of imide groups is 1. The van der Waals surface area contributed by atoms with Crippen molar-refractivity contribution in [1.82, 2.24) is 18.7 Å². The quantitative estimate of drug-likeness (QED) is 0.146. The molecule has 0 atom stereocenters. The fourth-order valence-electron chi connectivity index (χ4n) is 7.08. The fraction of sp³-hybridized carbons (Fsp3) is 0.417. The second kappa shape index (κ2) is 16.5. The van der Waals surface area contributed by atoms with E-state index >= 15 is 0 Å². The molecular formula is C48H60N4O4S. The standard InChI is InChI=1S/C13H19N.C12H13NO2.C12H15NO.C11H13NOS/c1-13(2,3)14-9-8-11-6-4-5-7-12(11)10-14;1-12(2,3)13-10(14)8-6-4-5-7-9(8)11(13)15;1-12(2,3)13-8-9-6-4-5-7-10(9)11(13)14;1-11(2,3)12-10(13)8-6-4-5-7-9(8)14-12/h4-7H,8-10H2,1-3H3;4-7H,1-3H3;4-7H,8H2,1-3H3;4-7H,1-3H3. The van der Waals surface area contributed by atoms with Crippen molar-refractivity contribution in [1.29, 1.82) is 0 Å². The molecule has 0 fully saturated rings. The maximum atomic E-state index is 12.0. The van der Waals surface area contributed by atoms with Crippen LogP contribution in [-0.2, 0) is 25.0 Å². The summed E-state index contributed by atoms with van der Waals surface area (Å²) in [7, 11) is 0. The molecule has 0 saturated heterocycles. The van der Waals surface area contributed by atoms with E-state index in [4.69, 9.17) is 0 Å². The lowest BCUT2D eigenvalue weighted by molar-refractivity contribution is 0.0506. The van der Waals surface area contributed by atoms with Gasteiger partial charge in [-0.2, -0.15) is 0 Å². The molecule has 3 aliphatic rings. The molecule has 3 amide bonds. The van der Waals surface area contributed by atoms with Gasteiger partial charge in [-0.25, -0.2) is 0 Å². The van der Waals surface area contributed by atoms with Gasteiger partial charge in [0.15, 0.2) is 0 Å². The average Bonchev–Trinajstić information content (AvgIpc) is 3.77. The predicted molar refractivity (Wildman–Crippen MR) is 234 cm³/mol. The summed E-state index contributed by atoms with van der Waals surface area (Å²) >= 11 is 1.53. The third-order valence-corrected chi connectivity index (χ3v) is 11.7. The van der Waals surface area contributed by atoms with Gasteiger partial charge in [0.25, 0.3) is 23.3 Å². The summed E-state index contributed by atoms with van der Waals surface area (Å²) in [6, 6.07) is 31.3. The molecule has 0 aliphatic carbocycles. The number of rotatable bonds is 0. The first-order chi connectivity index (χ1) is 26.5. The molecule has 4 aromatic carbocycles. The molecule has 9 heteroatoms. The summed E-state index contributed by atoms with van der Waals surface area (Å²) in [5.41, 5.74) is 5.82. The predicted octanol–water partition coefficient (Wildman–Crippen LogP) is 10.2. The maximum absolute atomic E-state index is 12.0. The molecule has 3 aliphatic heterocycles. The number of hydrogen-bond donors (Lipinski definition) is 0. The van der Waals surface area contributed by atoms with Crippen LogP contribution in [0.5, 0.6) is 0 Å². The second-order valence-corrected chi connectivity index (χ2v) is 19.8. The first-order valence-electron chi connectivity index (χ1n) is 19.8. The fourth-order valence-corrected chi connectivity index (χ4v) is 8.12. The number of carbonyl (C=O) groups excluding carboxylic acids is 3. The highest BCUT2D eigenvalue weighted by atomic mass is 32.1. The highest BCUT2D eigenvalue weighted by Gasteiger charge is 2.41. The van der Waals surface area contributed by atoms with Crippen molar-refractivity contribution in [2.45, 2.75) is 125 Å². The molecule has 0 bridgehead atoms. The van der Waals surface area contributed by atoms with E-state index in [1.54, 1.807) is 24.3 Å². The molecule has 8 nitrogen and oxygen atoms in total. The van der Waals surface area contributed by atoms with E-state index in [0.29, 0.717) is 16.7 Å². The maximum Gasteiger partial charge on any atom is 0.269 e. The zero-order valence-corrected chi connectivity index (χ0v) is 36.7. The number of fused-ring (bicyclic) bond motifs is 4. The monoisotopic (exact) mass is 788 g/mol. The summed E-state index contributed by atoms with van der Waals surface area (Å²) in [6.45, 7) is 27.8. The summed E-state index contributed by atoms with van der Waals surface area (Å²) < 4.78 is 2.89. The Morgan fingerprint density at radius 3 is 1.46 bits per heavy atom. The van der Waals surface area contributed by atoms with Crippen molar-refractivity contribution < 1.29 is 14.4 Å². The minimum Gasteiger partial charge on any atom is -0.329 e. The van der Waals surface area contributed by atoms with Gasteiger partial charge in [-0.1, -0.05) is 78.3 Å². The zero-order chi connectivity index (χ0) is 42.1. The van der Waals surface area contributed by atoms with Gasteiger partial charge in [0.1, 0.15) is 0 Å². The Hall–Kier alpha value is -4.86. The summed E-state index contributed by atoms with van der Waals surface area (Å²) in [4.78, 5) is 53.6. The van der Waals surface area contributed by atoms with Crippen LogP contribution in [0.1, 0.15) is 131 Å². The Labute approximate surface area is 343 Å². The Kier molecular flexibility index (Phi) is 12.6. The summed E-state index contributed by atoms with van der Waals surface area (Å²) in [5.74, 6) is -0.223. The lowest BCUT2D eigenvalue weighted by Crippen LogP contribution is -2.45. The van der Waals surface area contributed by atoms with Gasteiger partial charge < -0.3 is 4.90 Å². The smallest absolute Gasteiger partial charge is 0.269 e. The van der Waals surface area contributed by atoms with Crippen molar-refractivity contribution in [3.05, 3.63) is 141 Å². The van der Waals surface area contributed by atoms with E-state index in [9.17, 15) is 19.2 Å². The highest BCUT2D eigenvalue weighted by molar-refractivity contribution is 7.13. The van der Waals surface area contributed by atoms with Gasteiger partial charge in [-0.15, -0.1) is 0 Å². The molecule has 4 heterocycles. The molecule has 0 N–H and O–H groups in total. The molecule has 0 unspecified atom stereocenters. The molecule has 8 rings (SSSR count). The van der Waals surface area contributed by atoms with Crippen LogP contribution >= 0.6 is 11.5 Å². The number of nitrogens with zero attached hydrogens (tertiary/aromatic N) is 4. The molecule has 5 aromatic rings. The summed E-state index contributed by atoms with van der Waals surface area (Å²) in [5, 5.41) is 0.826. The van der Waals surface area contributed by atoms with Gasteiger partial charge in [0, 0.05) is 41.8 Å². The lowest BCUT2D eigenvalue weighted by Gasteiger charge is -2.39. The molecule has 0 radical (unpaired) electrons. The lowest BCUT2D eigenvalue weighted by atomic mass is 9.95. The van der Waals surface area contributed by atoms with Gasteiger partial charge in [0.2, 0.25) is 0 Å². The van der Waals surface area contributed by atoms with Gasteiger partial charge in [0.05, 0.1) is 26.8 Å². The zero-order valence-electron chi connectivity index (χ0n) is 35.9. The average molecular weight is 789 g/mol. The molecule has 0 spiro atoms. The van der Waals surface area contributed by atoms with Crippen molar-refractivity contribution in [3.63, 3.8) is 0 Å². The number of carbonyl (C=O) groups is 3. The Bertz CT molecular complexity index is 2270. The topological polar surface area (TPSA) is 82.9 Å². The van der Waals surface area contributed by atoms with Crippen molar-refractivity contribution in [3.8, 4) is 0 Å². The van der Waals surface area contributed by atoms with E-state index in [2.05, 4.69) is 70.7 Å². The van der Waals surface area contributed by atoms with Crippen LogP contribution in [0, 0.1) is 0 Å². The van der Waals surface area contributed by atoms with Crippen LogP contribution in [0.15, 0.2) is 102 Å². The van der Waals surface area contributed by atoms with Crippen LogP contribution in [-0.4, -0.2) is 59.5 Å². The van der Waals surface area contributed by atoms with Gasteiger partial charge in [-0.3, -0.25) is 32.9 Å². The Morgan fingerprint density at radius 1 is 0.474 bits per heavy atom. The van der Waals surface area contributed by atoms with Crippen molar-refractivity contribution >= 4 is 39.3 Å². The first kappa shape index (κ1) is 43.3. The van der Waals surface area contributed by atoms with E-state index in [1.165, 1.54) is 40.5 Å². The van der Waals surface area contributed by atoms with E-state index in [1.807, 2.05) is 98.9 Å². The van der Waals surface area contributed by atoms with Crippen molar-refractivity contribution in [2.24, 2.45) is 0 Å². The largest absolute Gasteiger partial charge is 0.329 e. The van der Waals surface area contributed by atoms with E-state index < -0.39 is 5.54 Å². The van der Waals surface area contributed by atoms with Crippen molar-refractivity contribution in [2.75, 3.05) is 6.54 Å². The molecule has 302 valence electrons. The number of aromatic nitrogens is 1. The van der Waals surface area contributed by atoms with Crippen LogP contribution in [0.4, 0.5) is 0 Å². The van der Waals surface area contributed by atoms with E-state index in [0.717, 1.165) is 34.3 Å². The first-order valence-corrected chi connectivity index (χ1v) is 20.6. The SMILES string of the molecule is CC(C)(C)N1C(=O)c2ccccc2C1=O.CC(C)(C)N1CCc2ccccc2C1.CC(C)(C)N1Cc2ccccc2C1=O.CC(C)(C)n1sc2ccccc2c1=O. The van der Waals surface area contributed by atoms with E-state index in [-0.39, 0.29) is 34.4 Å². The molecular weight excluding hydrogens is 729 g/mol. The minimum absolute atomic E-state index is 0.0872. The highest BCUT2D eigenvalue weighted by Crippen LogP contribution is 2.30.